The van der Waals surface area contributed by atoms with E-state index in [0.29, 0.717) is 0 Å². The maximum atomic E-state index is 5.41. The highest BCUT2D eigenvalue weighted by atomic mass is 16.5. The van der Waals surface area contributed by atoms with Gasteiger partial charge in [-0.25, -0.2) is 0 Å². The van der Waals surface area contributed by atoms with Crippen LogP contribution in [0.3, 0.4) is 0 Å². The molecule has 0 spiro atoms. The lowest BCUT2D eigenvalue weighted by Crippen LogP contribution is -1.99. The molecule has 0 unspecified atom stereocenters. The van der Waals surface area contributed by atoms with Gasteiger partial charge >= 0.3 is 0 Å². The zero-order valence-electron chi connectivity index (χ0n) is 7.76. The fourth-order valence-electron chi connectivity index (χ4n) is 1.30. The van der Waals surface area contributed by atoms with Crippen molar-refractivity contribution < 1.29 is 4.52 Å². The fourth-order valence-corrected chi connectivity index (χ4v) is 1.30. The average Bonchev–Trinajstić information content (AvgIpc) is 2.35. The molecule has 0 aliphatic carbocycles. The second-order valence-corrected chi connectivity index (χ2v) is 3.05. The number of hydrogen-bond donors (Lipinski definition) is 1. The number of unbranched alkanes of at least 4 members (excludes halogenated alkanes) is 1. The Morgan fingerprint density at radius 2 is 2.08 bits per heavy atom. The summed E-state index contributed by atoms with van der Waals surface area (Å²) >= 11 is 0. The molecule has 1 heterocycles. The second-order valence-electron chi connectivity index (χ2n) is 3.05. The van der Waals surface area contributed by atoms with Gasteiger partial charge in [-0.05, 0) is 39.7 Å². The lowest BCUT2D eigenvalue weighted by molar-refractivity contribution is 0.392. The predicted octanol–water partition coefficient (Wildman–Crippen LogP) is 1.57. The van der Waals surface area contributed by atoms with Crippen molar-refractivity contribution in [1.29, 1.82) is 0 Å². The van der Waals surface area contributed by atoms with Crippen LogP contribution in [0.15, 0.2) is 4.52 Å². The summed E-state index contributed by atoms with van der Waals surface area (Å²) in [4.78, 5) is 0. The first-order valence-corrected chi connectivity index (χ1v) is 4.37. The van der Waals surface area contributed by atoms with Gasteiger partial charge in [-0.1, -0.05) is 5.16 Å². The molecule has 0 saturated heterocycles. The normalized spacial score (nSPS) is 10.6. The van der Waals surface area contributed by atoms with Crippen molar-refractivity contribution in [2.45, 2.75) is 33.1 Å². The minimum Gasteiger partial charge on any atom is -0.361 e. The number of aryl methyl sites for hydroxylation is 2. The van der Waals surface area contributed by atoms with Crippen LogP contribution in [0.4, 0.5) is 0 Å². The Hall–Kier alpha value is -0.830. The standard InChI is InChI=1S/C9H16N2O/c1-7-9(5-3-4-6-10)8(2)12-11-7/h3-6,10H2,1-2H3. The summed E-state index contributed by atoms with van der Waals surface area (Å²) < 4.78 is 5.04. The summed E-state index contributed by atoms with van der Waals surface area (Å²) in [6, 6.07) is 0. The van der Waals surface area contributed by atoms with E-state index in [2.05, 4.69) is 5.16 Å². The molecular weight excluding hydrogens is 152 g/mol. The molecule has 0 saturated carbocycles. The molecule has 3 heteroatoms. The van der Waals surface area contributed by atoms with E-state index in [-0.39, 0.29) is 0 Å². The van der Waals surface area contributed by atoms with Crippen molar-refractivity contribution in [3.63, 3.8) is 0 Å². The highest BCUT2D eigenvalue weighted by Crippen LogP contribution is 2.14. The van der Waals surface area contributed by atoms with E-state index < -0.39 is 0 Å². The average molecular weight is 168 g/mol. The van der Waals surface area contributed by atoms with E-state index >= 15 is 0 Å². The van der Waals surface area contributed by atoms with Gasteiger partial charge in [0.15, 0.2) is 0 Å². The van der Waals surface area contributed by atoms with E-state index in [1.807, 2.05) is 13.8 Å². The van der Waals surface area contributed by atoms with Crippen molar-refractivity contribution in [2.75, 3.05) is 6.54 Å². The van der Waals surface area contributed by atoms with Crippen LogP contribution < -0.4 is 5.73 Å². The SMILES string of the molecule is Cc1noc(C)c1CCCCN. The molecule has 0 fully saturated rings. The minimum atomic E-state index is 0.767. The van der Waals surface area contributed by atoms with Crippen LogP contribution in [0.5, 0.6) is 0 Å². The van der Waals surface area contributed by atoms with E-state index in [0.717, 1.165) is 37.3 Å². The Kier molecular flexibility index (Phi) is 3.29. The van der Waals surface area contributed by atoms with Crippen molar-refractivity contribution in [3.8, 4) is 0 Å². The number of hydrogen-bond acceptors (Lipinski definition) is 3. The summed E-state index contributed by atoms with van der Waals surface area (Å²) in [5.41, 5.74) is 7.68. The first-order valence-electron chi connectivity index (χ1n) is 4.37. The van der Waals surface area contributed by atoms with Crippen molar-refractivity contribution >= 4 is 0 Å². The van der Waals surface area contributed by atoms with Crippen LogP contribution in [0.25, 0.3) is 0 Å². The lowest BCUT2D eigenvalue weighted by atomic mass is 10.1. The van der Waals surface area contributed by atoms with Gasteiger partial charge < -0.3 is 10.3 Å². The molecule has 1 aromatic rings. The molecule has 0 atom stereocenters. The van der Waals surface area contributed by atoms with Gasteiger partial charge in [0.1, 0.15) is 5.76 Å². The molecule has 2 N–H and O–H groups in total. The van der Waals surface area contributed by atoms with Crippen molar-refractivity contribution in [1.82, 2.24) is 5.16 Å². The monoisotopic (exact) mass is 168 g/mol. The van der Waals surface area contributed by atoms with Crippen molar-refractivity contribution in [3.05, 3.63) is 17.0 Å². The van der Waals surface area contributed by atoms with Crippen LogP contribution in [0.1, 0.15) is 29.9 Å². The minimum absolute atomic E-state index is 0.767. The second kappa shape index (κ2) is 4.26. The van der Waals surface area contributed by atoms with Crippen LogP contribution in [0, 0.1) is 13.8 Å². The van der Waals surface area contributed by atoms with Crippen LogP contribution in [-0.4, -0.2) is 11.7 Å². The third-order valence-corrected chi connectivity index (χ3v) is 2.06. The molecule has 0 amide bonds. The molecule has 1 aromatic heterocycles. The highest BCUT2D eigenvalue weighted by molar-refractivity contribution is 5.20. The van der Waals surface area contributed by atoms with Gasteiger partial charge in [-0.3, -0.25) is 0 Å². The van der Waals surface area contributed by atoms with Gasteiger partial charge in [0.2, 0.25) is 0 Å². The molecule has 0 aromatic carbocycles. The summed E-state index contributed by atoms with van der Waals surface area (Å²) in [7, 11) is 0. The quantitative estimate of drug-likeness (QED) is 0.694. The molecule has 3 nitrogen and oxygen atoms in total. The molecule has 1 rings (SSSR count). The first-order chi connectivity index (χ1) is 5.75. The summed E-state index contributed by atoms with van der Waals surface area (Å²) in [5, 5.41) is 3.89. The third-order valence-electron chi connectivity index (χ3n) is 2.06. The maximum Gasteiger partial charge on any atom is 0.137 e. The molecule has 68 valence electrons. The van der Waals surface area contributed by atoms with Gasteiger partial charge in [-0.15, -0.1) is 0 Å². The Balaban J connectivity index is 2.50. The Bertz CT molecular complexity index is 223. The molecule has 0 bridgehead atoms. The van der Waals surface area contributed by atoms with Gasteiger partial charge in [0, 0.05) is 5.56 Å². The lowest BCUT2D eigenvalue weighted by Gasteiger charge is -1.97. The van der Waals surface area contributed by atoms with E-state index in [1.54, 1.807) is 0 Å². The number of nitrogens with two attached hydrogens (primary N) is 1. The smallest absolute Gasteiger partial charge is 0.137 e. The predicted molar refractivity (Wildman–Crippen MR) is 48.0 cm³/mol. The molecule has 12 heavy (non-hydrogen) atoms. The largest absolute Gasteiger partial charge is 0.361 e. The summed E-state index contributed by atoms with van der Waals surface area (Å²) in [5.74, 6) is 0.949. The molecule has 0 radical (unpaired) electrons. The number of nitrogens with zero attached hydrogens (tertiary/aromatic N) is 1. The Labute approximate surface area is 72.9 Å². The van der Waals surface area contributed by atoms with Crippen LogP contribution >= 0.6 is 0 Å². The molecule has 0 aliphatic heterocycles. The van der Waals surface area contributed by atoms with E-state index in [1.165, 1.54) is 5.56 Å². The summed E-state index contributed by atoms with van der Waals surface area (Å²) in [6.45, 7) is 4.70. The Morgan fingerprint density at radius 3 is 2.58 bits per heavy atom. The highest BCUT2D eigenvalue weighted by Gasteiger charge is 2.07. The molecular formula is C9H16N2O. The first kappa shape index (κ1) is 9.26. The fraction of sp³-hybridized carbons (Fsp3) is 0.667. The third kappa shape index (κ3) is 2.08. The number of aromatic nitrogens is 1. The number of rotatable bonds is 4. The van der Waals surface area contributed by atoms with E-state index in [9.17, 15) is 0 Å². The van der Waals surface area contributed by atoms with Crippen LogP contribution in [0.2, 0.25) is 0 Å². The summed E-state index contributed by atoms with van der Waals surface area (Å²) in [6.07, 6.45) is 3.24. The topological polar surface area (TPSA) is 52.0 Å². The zero-order valence-corrected chi connectivity index (χ0v) is 7.76. The van der Waals surface area contributed by atoms with Gasteiger partial charge in [0.25, 0.3) is 0 Å². The van der Waals surface area contributed by atoms with Crippen molar-refractivity contribution in [2.24, 2.45) is 5.73 Å². The Morgan fingerprint density at radius 1 is 1.33 bits per heavy atom. The van der Waals surface area contributed by atoms with Gasteiger partial charge in [0.05, 0.1) is 5.69 Å². The molecule has 0 aliphatic rings. The zero-order chi connectivity index (χ0) is 8.97. The maximum absolute atomic E-state index is 5.41. The van der Waals surface area contributed by atoms with Gasteiger partial charge in [-0.2, -0.15) is 0 Å². The van der Waals surface area contributed by atoms with Crippen LogP contribution in [-0.2, 0) is 6.42 Å². The van der Waals surface area contributed by atoms with E-state index in [4.69, 9.17) is 10.3 Å².